The zero-order valence-corrected chi connectivity index (χ0v) is 10.1. The van der Waals surface area contributed by atoms with Crippen molar-refractivity contribution < 1.29 is 42.5 Å². The Kier molecular flexibility index (Phi) is 7.20. The van der Waals surface area contributed by atoms with Crippen LogP contribution in [0.4, 0.5) is 0 Å². The van der Waals surface area contributed by atoms with Gasteiger partial charge in [-0.25, -0.2) is 8.42 Å². The van der Waals surface area contributed by atoms with Crippen LogP contribution >= 0.6 is 0 Å². The van der Waals surface area contributed by atoms with Gasteiger partial charge in [0.05, 0.1) is 5.37 Å². The minimum atomic E-state index is -4.16. The maximum atomic E-state index is 10.2. The van der Waals surface area contributed by atoms with Gasteiger partial charge in [0.25, 0.3) is 0 Å². The van der Waals surface area contributed by atoms with Crippen molar-refractivity contribution in [2.24, 2.45) is 0 Å². The molecule has 0 aliphatic rings. The van der Waals surface area contributed by atoms with Gasteiger partial charge in [0.15, 0.2) is 0 Å². The third-order valence-electron chi connectivity index (χ3n) is 1.00. The van der Waals surface area contributed by atoms with E-state index in [1.54, 1.807) is 13.8 Å². The van der Waals surface area contributed by atoms with Crippen LogP contribution in [0.2, 0.25) is 0 Å². The average molecular weight is 189 g/mol. The van der Waals surface area contributed by atoms with Crippen LogP contribution in [0.25, 0.3) is 0 Å². The van der Waals surface area contributed by atoms with Gasteiger partial charge in [-0.2, -0.15) is 0 Å². The molecule has 0 aliphatic heterocycles. The molecule has 0 aliphatic carbocycles. The first-order chi connectivity index (χ1) is 4.34. The zero-order valence-electron chi connectivity index (χ0n) is 7.29. The van der Waals surface area contributed by atoms with Crippen molar-refractivity contribution in [3.8, 4) is 0 Å². The van der Waals surface area contributed by atoms with Crippen molar-refractivity contribution in [1.29, 1.82) is 0 Å². The Bertz CT molecular complexity index is 190. The van der Waals surface area contributed by atoms with Crippen LogP contribution in [0.15, 0.2) is 0 Å². The van der Waals surface area contributed by atoms with Gasteiger partial charge in [-0.1, -0.05) is 0 Å². The monoisotopic (exact) mass is 189 g/mol. The van der Waals surface area contributed by atoms with Crippen LogP contribution in [0.3, 0.4) is 0 Å². The van der Waals surface area contributed by atoms with Crippen molar-refractivity contribution in [3.63, 3.8) is 0 Å². The molecule has 11 heavy (non-hydrogen) atoms. The second kappa shape index (κ2) is 5.50. The molecule has 4 nitrogen and oxygen atoms in total. The summed E-state index contributed by atoms with van der Waals surface area (Å²) in [6.45, 7) is 4.89. The van der Waals surface area contributed by atoms with E-state index in [0.29, 0.717) is 0 Å². The Labute approximate surface area is 89.8 Å². The Morgan fingerprint density at radius 2 is 1.64 bits per heavy atom. The first kappa shape index (κ1) is 14.4. The molecule has 0 radical (unpaired) electrons. The molecule has 1 N–H and O–H groups in total. The summed E-state index contributed by atoms with van der Waals surface area (Å²) in [5.74, 6) is 0. The molecule has 1 unspecified atom stereocenters. The predicted octanol–water partition coefficient (Wildman–Crippen LogP) is -3.12. The molecule has 1 atom stereocenters. The summed E-state index contributed by atoms with van der Waals surface area (Å²) in [6.07, 6.45) is 0. The van der Waals surface area contributed by atoms with E-state index < -0.39 is 15.5 Å². The summed E-state index contributed by atoms with van der Waals surface area (Å²) < 4.78 is 30.7. The van der Waals surface area contributed by atoms with Crippen molar-refractivity contribution in [3.05, 3.63) is 0 Å². The predicted molar refractivity (Wildman–Crippen MR) is 37.4 cm³/mol. The summed E-state index contributed by atoms with van der Waals surface area (Å²) >= 11 is 0. The second-order valence-corrected chi connectivity index (χ2v) is 4.15. The van der Waals surface area contributed by atoms with Crippen molar-refractivity contribution in [2.75, 3.05) is 0 Å². The number of hydrogen-bond acceptors (Lipinski definition) is 4. The van der Waals surface area contributed by atoms with Crippen molar-refractivity contribution in [1.82, 2.24) is 5.32 Å². The maximum Gasteiger partial charge on any atom is 1.00 e. The molecule has 0 amide bonds. The molecule has 0 bridgehead atoms. The maximum absolute atomic E-state index is 10.2. The summed E-state index contributed by atoms with van der Waals surface area (Å²) in [4.78, 5) is 0. The number of nitrogens with one attached hydrogen (secondary N) is 1. The van der Waals surface area contributed by atoms with E-state index in [9.17, 15) is 13.0 Å². The van der Waals surface area contributed by atoms with Crippen molar-refractivity contribution in [2.45, 2.75) is 32.2 Å². The van der Waals surface area contributed by atoms with Crippen LogP contribution in [0.1, 0.15) is 20.8 Å². The molecule has 0 saturated carbocycles. The summed E-state index contributed by atoms with van der Waals surface area (Å²) in [7, 11) is -4.16. The van der Waals surface area contributed by atoms with Gasteiger partial charge in [0.2, 0.25) is 0 Å². The van der Waals surface area contributed by atoms with E-state index in [0.717, 1.165) is 0 Å². The van der Waals surface area contributed by atoms with Crippen LogP contribution in [0, 0.1) is 0 Å². The van der Waals surface area contributed by atoms with Gasteiger partial charge in [-0.15, -0.1) is 0 Å². The van der Waals surface area contributed by atoms with Gasteiger partial charge in [-0.3, -0.25) is 0 Å². The number of rotatable bonds is 3. The van der Waals surface area contributed by atoms with Crippen LogP contribution < -0.4 is 34.9 Å². The largest absolute Gasteiger partial charge is 1.00 e. The van der Waals surface area contributed by atoms with E-state index in [-0.39, 0.29) is 35.6 Å². The first-order valence-electron chi connectivity index (χ1n) is 3.05. The molecule has 0 fully saturated rings. The van der Waals surface area contributed by atoms with Crippen LogP contribution in [-0.2, 0) is 10.1 Å². The van der Waals surface area contributed by atoms with Gasteiger partial charge < -0.3 is 9.87 Å². The topological polar surface area (TPSA) is 69.2 Å². The third-order valence-corrected chi connectivity index (χ3v) is 2.00. The molecule has 0 spiro atoms. The molecule has 0 saturated heterocycles. The molecular formula is C5H12NNaO3S. The SMILES string of the molecule is CC(C)NC(C)S(=O)(=O)[O-].[Na+]. The Morgan fingerprint density at radius 3 is 1.73 bits per heavy atom. The van der Waals surface area contributed by atoms with Crippen LogP contribution in [-0.4, -0.2) is 24.4 Å². The fourth-order valence-electron chi connectivity index (χ4n) is 0.553. The molecule has 0 heterocycles. The normalized spacial score (nSPS) is 14.3. The third kappa shape index (κ3) is 7.24. The minimum absolute atomic E-state index is 0. The van der Waals surface area contributed by atoms with Crippen LogP contribution in [0.5, 0.6) is 0 Å². The van der Waals surface area contributed by atoms with E-state index in [1.165, 1.54) is 6.92 Å². The summed E-state index contributed by atoms with van der Waals surface area (Å²) in [6, 6.07) is 0.0127. The molecule has 0 aromatic carbocycles. The van der Waals surface area contributed by atoms with Gasteiger partial charge in [0.1, 0.15) is 10.1 Å². The van der Waals surface area contributed by atoms with E-state index in [1.807, 2.05) is 0 Å². The molecule has 0 aromatic rings. The minimum Gasteiger partial charge on any atom is -0.747 e. The number of hydrogen-bond donors (Lipinski definition) is 1. The Balaban J connectivity index is 0. The fourth-order valence-corrected chi connectivity index (χ4v) is 0.992. The standard InChI is InChI=1S/C5H13NO3S.Na/c1-4(2)6-5(3)10(7,8)9;/h4-6H,1-3H3,(H,7,8,9);/q;+1/p-1. The molecule has 62 valence electrons. The van der Waals surface area contributed by atoms with E-state index in [2.05, 4.69) is 5.32 Å². The second-order valence-electron chi connectivity index (χ2n) is 2.46. The molecule has 6 heteroatoms. The molecule has 0 rings (SSSR count). The fraction of sp³-hybridized carbons (Fsp3) is 1.00. The molecular weight excluding hydrogens is 177 g/mol. The van der Waals surface area contributed by atoms with Gasteiger partial charge in [-0.05, 0) is 20.8 Å². The van der Waals surface area contributed by atoms with Gasteiger partial charge >= 0.3 is 29.6 Å². The quantitative estimate of drug-likeness (QED) is 0.377. The van der Waals surface area contributed by atoms with Crippen molar-refractivity contribution >= 4 is 10.1 Å². The Hall–Kier alpha value is 0.870. The summed E-state index contributed by atoms with van der Waals surface area (Å²) in [5.41, 5.74) is 0. The average Bonchev–Trinajstić information content (AvgIpc) is 1.60. The van der Waals surface area contributed by atoms with E-state index in [4.69, 9.17) is 0 Å². The smallest absolute Gasteiger partial charge is 0.747 e. The summed E-state index contributed by atoms with van der Waals surface area (Å²) in [5, 5.41) is 1.59. The Morgan fingerprint density at radius 1 is 1.27 bits per heavy atom. The van der Waals surface area contributed by atoms with Gasteiger partial charge in [0, 0.05) is 6.04 Å². The first-order valence-corrected chi connectivity index (χ1v) is 4.52. The zero-order chi connectivity index (χ0) is 8.36. The van der Waals surface area contributed by atoms with E-state index >= 15 is 0 Å². The molecule has 0 aromatic heterocycles.